The van der Waals surface area contributed by atoms with Gasteiger partial charge in [-0.3, -0.25) is 4.79 Å². The largest absolute Gasteiger partial charge is 0.394 e. The normalized spacial score (nSPS) is 24.0. The Kier molecular flexibility index (Phi) is 4.99. The van der Waals surface area contributed by atoms with Crippen molar-refractivity contribution in [1.82, 2.24) is 14.9 Å². The Morgan fingerprint density at radius 2 is 2.19 bits per heavy atom. The van der Waals surface area contributed by atoms with Gasteiger partial charge in [-0.2, -0.15) is 0 Å². The molecule has 27 heavy (non-hydrogen) atoms. The van der Waals surface area contributed by atoms with E-state index in [1.54, 1.807) is 12.4 Å². The molecule has 0 unspecified atom stereocenters. The van der Waals surface area contributed by atoms with E-state index in [0.717, 1.165) is 11.4 Å². The van der Waals surface area contributed by atoms with Crippen LogP contribution in [-0.4, -0.2) is 69.5 Å². The minimum atomic E-state index is -0.388. The zero-order valence-corrected chi connectivity index (χ0v) is 15.2. The van der Waals surface area contributed by atoms with E-state index in [-0.39, 0.29) is 30.1 Å². The Balaban J connectivity index is 1.43. The maximum Gasteiger partial charge on any atom is 0.253 e. The molecule has 2 heterocycles. The van der Waals surface area contributed by atoms with Gasteiger partial charge in [0.15, 0.2) is 0 Å². The first-order chi connectivity index (χ1) is 13.1. The Morgan fingerprint density at radius 3 is 2.85 bits per heavy atom. The molecule has 2 aromatic rings. The highest BCUT2D eigenvalue weighted by Gasteiger charge is 2.56. The fourth-order valence-corrected chi connectivity index (χ4v) is 4.34. The van der Waals surface area contributed by atoms with Crippen molar-refractivity contribution < 1.29 is 19.7 Å². The van der Waals surface area contributed by atoms with Gasteiger partial charge in [0.25, 0.3) is 5.91 Å². The number of H-pyrrole nitrogens is 1. The average molecular weight is 371 g/mol. The van der Waals surface area contributed by atoms with Crippen molar-refractivity contribution in [2.45, 2.75) is 31.5 Å². The molecular formula is C20H25N3O4. The molecule has 0 radical (unpaired) electrons. The molecule has 1 aromatic heterocycles. The summed E-state index contributed by atoms with van der Waals surface area (Å²) in [5.41, 5.74) is 1.25. The van der Waals surface area contributed by atoms with E-state index >= 15 is 0 Å². The average Bonchev–Trinajstić information content (AvgIpc) is 3.25. The van der Waals surface area contributed by atoms with Crippen LogP contribution in [0.25, 0.3) is 11.4 Å². The number of piperidine rings is 1. The van der Waals surface area contributed by atoms with Crippen molar-refractivity contribution in [2.24, 2.45) is 5.41 Å². The van der Waals surface area contributed by atoms with Gasteiger partial charge in [-0.15, -0.1) is 0 Å². The maximum absolute atomic E-state index is 12.9. The fourth-order valence-electron chi connectivity index (χ4n) is 4.34. The lowest BCUT2D eigenvalue weighted by Crippen LogP contribution is -2.62. The lowest BCUT2D eigenvalue weighted by Gasteiger charge is -2.56. The Hall–Kier alpha value is -2.22. The number of nitrogens with one attached hydrogen (secondary N) is 1. The minimum absolute atomic E-state index is 0.0000963. The van der Waals surface area contributed by atoms with Gasteiger partial charge in [-0.05, 0) is 25.0 Å². The van der Waals surface area contributed by atoms with Gasteiger partial charge in [0, 0.05) is 48.4 Å². The van der Waals surface area contributed by atoms with Crippen LogP contribution >= 0.6 is 0 Å². The number of aromatic nitrogens is 2. The minimum Gasteiger partial charge on any atom is -0.394 e. The molecule has 2 aliphatic rings. The van der Waals surface area contributed by atoms with Crippen LogP contribution in [0.15, 0.2) is 36.7 Å². The third kappa shape index (κ3) is 3.26. The number of nitrogens with zero attached hydrogens (tertiary/aromatic N) is 2. The first-order valence-corrected chi connectivity index (χ1v) is 9.44. The van der Waals surface area contributed by atoms with Crippen molar-refractivity contribution in [3.05, 3.63) is 42.2 Å². The third-order valence-corrected chi connectivity index (χ3v) is 6.02. The standard InChI is InChI=1S/C20H25N3O4/c24-10-11-27-17-13-16(25)20(17)4-8-23(9-5-20)19(26)15-3-1-2-14(12-15)18-21-6-7-22-18/h1-3,6-7,12,16-17,24-25H,4-5,8-11,13H2,(H,21,22)/t16-,17+/m1/s1. The van der Waals surface area contributed by atoms with Crippen LogP contribution in [0.2, 0.25) is 0 Å². The predicted molar refractivity (Wildman–Crippen MR) is 99.0 cm³/mol. The molecule has 1 saturated heterocycles. The summed E-state index contributed by atoms with van der Waals surface area (Å²) in [6, 6.07) is 7.47. The van der Waals surface area contributed by atoms with Gasteiger partial charge >= 0.3 is 0 Å². The predicted octanol–water partition coefficient (Wildman–Crippen LogP) is 1.44. The lowest BCUT2D eigenvalue weighted by atomic mass is 9.58. The second-order valence-electron chi connectivity index (χ2n) is 7.38. The summed E-state index contributed by atoms with van der Waals surface area (Å²) < 4.78 is 5.70. The summed E-state index contributed by atoms with van der Waals surface area (Å²) in [4.78, 5) is 22.1. The fraction of sp³-hybridized carbons (Fsp3) is 0.500. The van der Waals surface area contributed by atoms with E-state index in [4.69, 9.17) is 9.84 Å². The van der Waals surface area contributed by atoms with Crippen LogP contribution in [0.5, 0.6) is 0 Å². The number of aliphatic hydroxyl groups excluding tert-OH is 2. The van der Waals surface area contributed by atoms with Crippen LogP contribution in [-0.2, 0) is 4.74 Å². The summed E-state index contributed by atoms with van der Waals surface area (Å²) in [6.45, 7) is 1.47. The maximum atomic E-state index is 12.9. The number of imidazole rings is 1. The van der Waals surface area contributed by atoms with Gasteiger partial charge in [-0.1, -0.05) is 12.1 Å². The van der Waals surface area contributed by atoms with E-state index in [1.165, 1.54) is 0 Å². The smallest absolute Gasteiger partial charge is 0.253 e. The Labute approximate surface area is 158 Å². The van der Waals surface area contributed by atoms with Crippen LogP contribution in [0.3, 0.4) is 0 Å². The highest BCUT2D eigenvalue weighted by atomic mass is 16.5. The molecule has 144 valence electrons. The van der Waals surface area contributed by atoms with Crippen molar-refractivity contribution >= 4 is 5.91 Å². The molecule has 1 saturated carbocycles. The number of aromatic amines is 1. The van der Waals surface area contributed by atoms with Gasteiger partial charge in [0.2, 0.25) is 0 Å². The molecule has 1 amide bonds. The topological polar surface area (TPSA) is 98.7 Å². The van der Waals surface area contributed by atoms with E-state index in [9.17, 15) is 9.90 Å². The Bertz CT molecular complexity index is 784. The monoisotopic (exact) mass is 371 g/mol. The molecule has 3 N–H and O–H groups in total. The molecule has 7 nitrogen and oxygen atoms in total. The van der Waals surface area contributed by atoms with Crippen LogP contribution in [0.4, 0.5) is 0 Å². The van der Waals surface area contributed by atoms with Crippen LogP contribution < -0.4 is 0 Å². The number of carbonyl (C=O) groups excluding carboxylic acids is 1. The summed E-state index contributed by atoms with van der Waals surface area (Å²) in [7, 11) is 0. The third-order valence-electron chi connectivity index (χ3n) is 6.02. The molecular weight excluding hydrogens is 346 g/mol. The summed E-state index contributed by atoms with van der Waals surface area (Å²) in [5, 5.41) is 19.3. The van der Waals surface area contributed by atoms with E-state index < -0.39 is 0 Å². The number of aliphatic hydroxyl groups is 2. The summed E-state index contributed by atoms with van der Waals surface area (Å²) >= 11 is 0. The number of amides is 1. The number of hydrogen-bond donors (Lipinski definition) is 3. The van der Waals surface area contributed by atoms with Crippen molar-refractivity contribution in [2.75, 3.05) is 26.3 Å². The first kappa shape index (κ1) is 18.2. The number of hydrogen-bond acceptors (Lipinski definition) is 5. The van der Waals surface area contributed by atoms with Crippen molar-refractivity contribution in [1.29, 1.82) is 0 Å². The SMILES string of the molecule is O=C(c1cccc(-c2ncc[nH]2)c1)N1CCC2(CC1)[C@H](O)C[C@@H]2OCCO. The number of rotatable bonds is 5. The molecule has 7 heteroatoms. The Morgan fingerprint density at radius 1 is 1.37 bits per heavy atom. The summed E-state index contributed by atoms with van der Waals surface area (Å²) in [6.07, 6.45) is 5.07. The molecule has 0 bridgehead atoms. The number of likely N-dealkylation sites (tertiary alicyclic amines) is 1. The van der Waals surface area contributed by atoms with Gasteiger partial charge in [0.1, 0.15) is 5.82 Å². The van der Waals surface area contributed by atoms with E-state index in [0.29, 0.717) is 44.5 Å². The molecule has 1 aliphatic heterocycles. The molecule has 2 fully saturated rings. The number of carbonyl (C=O) groups is 1. The summed E-state index contributed by atoms with van der Waals surface area (Å²) in [5.74, 6) is 0.739. The lowest BCUT2D eigenvalue weighted by molar-refractivity contribution is -0.211. The number of benzene rings is 1. The molecule has 1 aliphatic carbocycles. The molecule has 2 atom stereocenters. The number of ether oxygens (including phenoxy) is 1. The molecule has 1 spiro atoms. The van der Waals surface area contributed by atoms with Crippen LogP contribution in [0.1, 0.15) is 29.6 Å². The first-order valence-electron chi connectivity index (χ1n) is 9.44. The van der Waals surface area contributed by atoms with Crippen molar-refractivity contribution in [3.63, 3.8) is 0 Å². The van der Waals surface area contributed by atoms with Gasteiger partial charge in [-0.25, -0.2) is 4.98 Å². The second-order valence-corrected chi connectivity index (χ2v) is 7.38. The zero-order valence-electron chi connectivity index (χ0n) is 15.2. The molecule has 4 rings (SSSR count). The molecule has 1 aromatic carbocycles. The highest BCUT2D eigenvalue weighted by molar-refractivity contribution is 5.95. The highest BCUT2D eigenvalue weighted by Crippen LogP contribution is 2.51. The second kappa shape index (κ2) is 7.42. The van der Waals surface area contributed by atoms with E-state index in [1.807, 2.05) is 29.2 Å². The van der Waals surface area contributed by atoms with Crippen LogP contribution in [0, 0.1) is 5.41 Å². The quantitative estimate of drug-likeness (QED) is 0.739. The van der Waals surface area contributed by atoms with Gasteiger partial charge < -0.3 is 24.8 Å². The zero-order chi connectivity index (χ0) is 18.9. The van der Waals surface area contributed by atoms with Gasteiger partial charge in [0.05, 0.1) is 25.4 Å². The van der Waals surface area contributed by atoms with E-state index in [2.05, 4.69) is 9.97 Å². The van der Waals surface area contributed by atoms with Crippen molar-refractivity contribution in [3.8, 4) is 11.4 Å².